The van der Waals surface area contributed by atoms with Gasteiger partial charge >= 0.3 is 0 Å². The van der Waals surface area contributed by atoms with E-state index >= 15 is 0 Å². The zero-order valence-electron chi connectivity index (χ0n) is 37.3. The Morgan fingerprint density at radius 1 is 0.328 bits per heavy atom. The molecule has 9 rings (SSSR count). The van der Waals surface area contributed by atoms with Crippen molar-refractivity contribution < 1.29 is 10.2 Å². The molecule has 0 saturated heterocycles. The van der Waals surface area contributed by atoms with Crippen molar-refractivity contribution in [1.82, 2.24) is 0 Å². The highest BCUT2D eigenvalue weighted by Crippen LogP contribution is 2.58. The SMILES string of the molecule is CC.CC.CC.CC.Oc1c(Cc2ccccc2)cc(C2(c3cc(Cc4ccccc4)c(O)c(-c4ccccc4)c3)c3ccccc3-c3ccccc32)cc1-c1ccccc1. The second-order valence-electron chi connectivity index (χ2n) is 14.0. The van der Waals surface area contributed by atoms with Crippen molar-refractivity contribution >= 4 is 0 Å². The summed E-state index contributed by atoms with van der Waals surface area (Å²) in [5.74, 6) is 0.581. The zero-order valence-corrected chi connectivity index (χ0v) is 37.3. The maximum Gasteiger partial charge on any atom is 0.126 e. The smallest absolute Gasteiger partial charge is 0.126 e. The molecular weight excluding hydrogens is 741 g/mol. The summed E-state index contributed by atoms with van der Waals surface area (Å²) in [6, 6.07) is 67.4. The van der Waals surface area contributed by atoms with Gasteiger partial charge in [-0.05, 0) is 78.9 Å². The van der Waals surface area contributed by atoms with Crippen molar-refractivity contribution in [2.24, 2.45) is 0 Å². The third-order valence-electron chi connectivity index (χ3n) is 10.8. The van der Waals surface area contributed by atoms with Crippen molar-refractivity contribution in [1.29, 1.82) is 0 Å². The minimum atomic E-state index is -0.779. The normalized spacial score (nSPS) is 11.3. The first kappa shape index (κ1) is 45.4. The van der Waals surface area contributed by atoms with Crippen LogP contribution in [0.2, 0.25) is 0 Å². The molecule has 0 spiro atoms. The molecule has 2 nitrogen and oxygen atoms in total. The van der Waals surface area contributed by atoms with Gasteiger partial charge < -0.3 is 10.2 Å². The molecule has 8 aromatic rings. The van der Waals surface area contributed by atoms with Gasteiger partial charge in [-0.3, -0.25) is 0 Å². The van der Waals surface area contributed by atoms with Gasteiger partial charge in [0.2, 0.25) is 0 Å². The van der Waals surface area contributed by atoms with Crippen molar-refractivity contribution in [3.05, 3.63) is 239 Å². The first-order valence-electron chi connectivity index (χ1n) is 22.2. The fraction of sp³-hybridized carbons (Fsp3) is 0.186. The van der Waals surface area contributed by atoms with Crippen LogP contribution in [0.1, 0.15) is 99.9 Å². The quantitative estimate of drug-likeness (QED) is 0.161. The van der Waals surface area contributed by atoms with E-state index in [1.54, 1.807) is 0 Å². The van der Waals surface area contributed by atoms with E-state index in [1.807, 2.05) is 104 Å². The molecule has 0 aliphatic heterocycles. The summed E-state index contributed by atoms with van der Waals surface area (Å²) in [7, 11) is 0. The molecule has 0 bridgehead atoms. The summed E-state index contributed by atoms with van der Waals surface area (Å²) in [6.45, 7) is 16.0. The maximum atomic E-state index is 12.1. The Kier molecular flexibility index (Phi) is 16.5. The number of phenols is 2. The Balaban J connectivity index is 0.000000833. The Bertz CT molecular complexity index is 2380. The summed E-state index contributed by atoms with van der Waals surface area (Å²) < 4.78 is 0. The van der Waals surface area contributed by atoms with Gasteiger partial charge in [0, 0.05) is 24.0 Å². The van der Waals surface area contributed by atoms with Crippen LogP contribution in [0.4, 0.5) is 0 Å². The second kappa shape index (κ2) is 22.1. The molecular formula is C59H62O2. The predicted octanol–water partition coefficient (Wildman–Crippen LogP) is 16.1. The molecule has 2 heteroatoms. The summed E-state index contributed by atoms with van der Waals surface area (Å²) in [5, 5.41) is 24.2. The van der Waals surface area contributed by atoms with E-state index in [0.29, 0.717) is 24.3 Å². The summed E-state index contributed by atoms with van der Waals surface area (Å²) in [5.41, 5.74) is 13.5. The molecule has 0 unspecified atom stereocenters. The molecule has 0 heterocycles. The van der Waals surface area contributed by atoms with E-state index in [9.17, 15) is 10.2 Å². The topological polar surface area (TPSA) is 40.5 Å². The number of phenolic OH excluding ortho intramolecular Hbond substituents is 2. The number of hydrogen-bond donors (Lipinski definition) is 2. The fourth-order valence-corrected chi connectivity index (χ4v) is 8.42. The van der Waals surface area contributed by atoms with Crippen LogP contribution >= 0.6 is 0 Å². The van der Waals surface area contributed by atoms with Crippen LogP contribution in [0.25, 0.3) is 33.4 Å². The molecule has 1 aliphatic carbocycles. The number of fused-ring (bicyclic) bond motifs is 3. The van der Waals surface area contributed by atoms with E-state index in [-0.39, 0.29) is 0 Å². The van der Waals surface area contributed by atoms with Gasteiger partial charge in [0.1, 0.15) is 11.5 Å². The predicted molar refractivity (Wildman–Crippen MR) is 262 cm³/mol. The first-order chi connectivity index (χ1) is 30.1. The monoisotopic (exact) mass is 802 g/mol. The minimum Gasteiger partial charge on any atom is -0.507 e. The van der Waals surface area contributed by atoms with E-state index in [2.05, 4.69) is 146 Å². The van der Waals surface area contributed by atoms with E-state index < -0.39 is 5.41 Å². The van der Waals surface area contributed by atoms with Gasteiger partial charge in [-0.2, -0.15) is 0 Å². The number of rotatable bonds is 8. The molecule has 0 atom stereocenters. The van der Waals surface area contributed by atoms with Gasteiger partial charge in [0.05, 0.1) is 5.41 Å². The van der Waals surface area contributed by atoms with Gasteiger partial charge in [-0.25, -0.2) is 0 Å². The third kappa shape index (κ3) is 9.25. The Morgan fingerprint density at radius 2 is 0.623 bits per heavy atom. The van der Waals surface area contributed by atoms with Crippen molar-refractivity contribution in [3.63, 3.8) is 0 Å². The maximum absolute atomic E-state index is 12.1. The van der Waals surface area contributed by atoms with Gasteiger partial charge in [0.25, 0.3) is 0 Å². The lowest BCUT2D eigenvalue weighted by atomic mass is 9.66. The lowest BCUT2D eigenvalue weighted by Gasteiger charge is -2.36. The summed E-state index contributed by atoms with van der Waals surface area (Å²) in [6.07, 6.45) is 1.15. The molecule has 1 aliphatic rings. The lowest BCUT2D eigenvalue weighted by molar-refractivity contribution is 0.470. The molecule has 61 heavy (non-hydrogen) atoms. The average molecular weight is 803 g/mol. The zero-order chi connectivity index (χ0) is 43.8. The van der Waals surface area contributed by atoms with Crippen molar-refractivity contribution in [3.8, 4) is 44.9 Å². The fourth-order valence-electron chi connectivity index (χ4n) is 8.42. The van der Waals surface area contributed by atoms with Gasteiger partial charge in [0.15, 0.2) is 0 Å². The van der Waals surface area contributed by atoms with Crippen LogP contribution in [0.5, 0.6) is 11.5 Å². The highest BCUT2D eigenvalue weighted by atomic mass is 16.3. The Morgan fingerprint density at radius 3 is 0.967 bits per heavy atom. The molecule has 0 radical (unpaired) electrons. The number of hydrogen-bond acceptors (Lipinski definition) is 2. The van der Waals surface area contributed by atoms with Crippen LogP contribution in [-0.4, -0.2) is 10.2 Å². The lowest BCUT2D eigenvalue weighted by Crippen LogP contribution is -2.29. The van der Waals surface area contributed by atoms with Crippen LogP contribution in [0.3, 0.4) is 0 Å². The molecule has 0 fully saturated rings. The summed E-state index contributed by atoms with van der Waals surface area (Å²) in [4.78, 5) is 0. The van der Waals surface area contributed by atoms with Crippen molar-refractivity contribution in [2.45, 2.75) is 73.6 Å². The third-order valence-corrected chi connectivity index (χ3v) is 10.8. The van der Waals surface area contributed by atoms with Crippen molar-refractivity contribution in [2.75, 3.05) is 0 Å². The highest BCUT2D eigenvalue weighted by Gasteiger charge is 2.47. The molecule has 310 valence electrons. The molecule has 8 aromatic carbocycles. The standard InChI is InChI=1S/C51H38O2.4C2H6/c52-49-39(29-35-17-5-1-6-18-35)31-41(33-45(49)37-21-9-3-10-22-37)51(47-27-15-13-25-43(47)44-26-14-16-28-48(44)51)42-32-40(30-36-19-7-2-8-20-36)50(53)46(34-42)38-23-11-4-12-24-38;4*1-2/h1-28,31-34,52-53H,29-30H2;4*1-2H3. The van der Waals surface area contributed by atoms with Gasteiger partial charge in [-0.1, -0.05) is 237 Å². The van der Waals surface area contributed by atoms with Crippen LogP contribution in [0, 0.1) is 0 Å². The van der Waals surface area contributed by atoms with E-state index in [0.717, 1.165) is 55.6 Å². The van der Waals surface area contributed by atoms with Gasteiger partial charge in [-0.15, -0.1) is 0 Å². The van der Waals surface area contributed by atoms with Crippen LogP contribution in [0.15, 0.2) is 194 Å². The molecule has 0 aromatic heterocycles. The van der Waals surface area contributed by atoms with Crippen LogP contribution < -0.4 is 0 Å². The first-order valence-corrected chi connectivity index (χ1v) is 22.2. The second-order valence-corrected chi connectivity index (χ2v) is 14.0. The largest absolute Gasteiger partial charge is 0.507 e. The molecule has 2 N–H and O–H groups in total. The van der Waals surface area contributed by atoms with Crippen LogP contribution in [-0.2, 0) is 18.3 Å². The number of benzene rings is 8. The number of aromatic hydroxyl groups is 2. The Hall–Kier alpha value is -6.64. The van der Waals surface area contributed by atoms with E-state index in [4.69, 9.17) is 0 Å². The molecule has 0 saturated carbocycles. The van der Waals surface area contributed by atoms with E-state index in [1.165, 1.54) is 22.3 Å². The molecule has 0 amide bonds. The average Bonchev–Trinajstić information content (AvgIpc) is 3.65. The Labute approximate surface area is 365 Å². The highest BCUT2D eigenvalue weighted by molar-refractivity contribution is 5.88. The minimum absolute atomic E-state index is 0.291. The summed E-state index contributed by atoms with van der Waals surface area (Å²) >= 11 is 0.